The van der Waals surface area contributed by atoms with Gasteiger partial charge in [0, 0.05) is 17.1 Å². The van der Waals surface area contributed by atoms with Gasteiger partial charge in [0.05, 0.1) is 30.4 Å². The molecule has 6 radical (unpaired) electrons. The molecule has 2 unspecified atom stereocenters. The van der Waals surface area contributed by atoms with Crippen LogP contribution in [0.4, 0.5) is 5.69 Å². The molecule has 0 aromatic carbocycles. The van der Waals surface area contributed by atoms with Gasteiger partial charge in [0.15, 0.2) is 0 Å². The van der Waals surface area contributed by atoms with Crippen molar-refractivity contribution in [3.8, 4) is 0 Å². The number of hydrogen-bond donors (Lipinski definition) is 2. The van der Waals surface area contributed by atoms with Crippen molar-refractivity contribution in [1.29, 1.82) is 0 Å². The Balaban J connectivity index is 2.09. The molecule has 4 nitrogen and oxygen atoms in total. The number of nitrogens with two attached hydrogens (primary N) is 1. The second-order valence-electron chi connectivity index (χ2n) is 10.8. The van der Waals surface area contributed by atoms with Crippen molar-refractivity contribution >= 4 is 34.8 Å². The first-order valence-corrected chi connectivity index (χ1v) is 10.3. The minimum absolute atomic E-state index is 0.189. The number of nitrogens with zero attached hydrogens (tertiary/aromatic N) is 1. The van der Waals surface area contributed by atoms with Crippen molar-refractivity contribution in [2.45, 2.75) is 89.2 Å². The van der Waals surface area contributed by atoms with Gasteiger partial charge in [0.25, 0.3) is 0 Å². The van der Waals surface area contributed by atoms with E-state index in [0.29, 0.717) is 28.8 Å². The number of rotatable bonds is 2. The maximum Gasteiger partial charge on any atom is 0.119 e. The lowest BCUT2D eigenvalue weighted by Gasteiger charge is -2.49. The summed E-state index contributed by atoms with van der Waals surface area (Å²) in [7, 11) is 19.0. The highest BCUT2D eigenvalue weighted by Crippen LogP contribution is 2.53. The van der Waals surface area contributed by atoms with Crippen molar-refractivity contribution in [3.05, 3.63) is 29.0 Å². The summed E-state index contributed by atoms with van der Waals surface area (Å²) in [5.41, 5.74) is 6.04. The van der Waals surface area contributed by atoms with Crippen molar-refractivity contribution in [1.82, 2.24) is 4.98 Å². The fourth-order valence-corrected chi connectivity index (χ4v) is 5.25. The number of hydrogen-bond acceptors (Lipinski definition) is 4. The first kappa shape index (κ1) is 22.5. The highest BCUT2D eigenvalue weighted by atomic mass is 16.5. The molecule has 1 aliphatic heterocycles. The molecule has 1 aliphatic carbocycles. The van der Waals surface area contributed by atoms with E-state index in [2.05, 4.69) is 27.7 Å². The smallest absolute Gasteiger partial charge is 0.119 e. The quantitative estimate of drug-likeness (QED) is 0.764. The van der Waals surface area contributed by atoms with Crippen LogP contribution in [0.3, 0.4) is 0 Å². The number of aromatic nitrogens is 1. The van der Waals surface area contributed by atoms with Crippen LogP contribution in [0.15, 0.2) is 17.6 Å². The zero-order chi connectivity index (χ0) is 22.0. The molecule has 29 heavy (non-hydrogen) atoms. The van der Waals surface area contributed by atoms with Gasteiger partial charge >= 0.3 is 0 Å². The number of nitrogen functional groups attached to an aromatic ring is 1. The number of aliphatic hydroxyl groups is 1. The van der Waals surface area contributed by atoms with Crippen LogP contribution in [0.2, 0.25) is 5.82 Å². The Morgan fingerprint density at radius 1 is 1.10 bits per heavy atom. The van der Waals surface area contributed by atoms with Gasteiger partial charge in [0.2, 0.25) is 0 Å². The molecule has 3 N–H and O–H groups in total. The van der Waals surface area contributed by atoms with Gasteiger partial charge in [-0.2, -0.15) is 0 Å². The molecule has 0 spiro atoms. The van der Waals surface area contributed by atoms with Gasteiger partial charge in [0.1, 0.15) is 15.7 Å². The minimum atomic E-state index is -1.82. The number of pyridine rings is 1. The summed E-state index contributed by atoms with van der Waals surface area (Å²) in [6.45, 7) is 12.3. The topological polar surface area (TPSA) is 68.4 Å². The SMILES string of the molecule is [B]C1=C(c2nc(C3CC(C)(C)OC(C)(C)C3)ccc2N)C([B])(O)C([B])C(C)(C)C1. The van der Waals surface area contributed by atoms with Crippen LogP contribution >= 0.6 is 0 Å². The van der Waals surface area contributed by atoms with Crippen LogP contribution in [0.5, 0.6) is 0 Å². The van der Waals surface area contributed by atoms with Crippen molar-refractivity contribution in [3.63, 3.8) is 0 Å². The fourth-order valence-electron chi connectivity index (χ4n) is 5.25. The molecule has 0 amide bonds. The van der Waals surface area contributed by atoms with E-state index in [1.54, 1.807) is 0 Å². The molecule has 3 rings (SSSR count). The Morgan fingerprint density at radius 2 is 1.66 bits per heavy atom. The van der Waals surface area contributed by atoms with Crippen LogP contribution in [0, 0.1) is 5.41 Å². The number of anilines is 1. The first-order chi connectivity index (χ1) is 13.1. The zero-order valence-electron chi connectivity index (χ0n) is 18.5. The van der Waals surface area contributed by atoms with E-state index < -0.39 is 16.7 Å². The Labute approximate surface area is 179 Å². The molecule has 1 fully saturated rings. The standard InChI is InChI=1S/C22H31B3N2O2/c1-19(2)11-13(23)16(22(25,28)18(19)24)17-14(26)7-8-15(27-17)12-9-20(3,4)29-21(5,6)10-12/h7-8,12,18,28H,9-11,26H2,1-6H3. The predicted octanol–water partition coefficient (Wildman–Crippen LogP) is 3.24. The van der Waals surface area contributed by atoms with Crippen molar-refractivity contribution < 1.29 is 9.84 Å². The molecule has 2 heterocycles. The van der Waals surface area contributed by atoms with Gasteiger partial charge < -0.3 is 15.6 Å². The molecule has 1 aromatic rings. The lowest BCUT2D eigenvalue weighted by Crippen LogP contribution is -2.47. The fraction of sp³-hybridized carbons (Fsp3) is 0.682. The Kier molecular flexibility index (Phi) is 5.36. The maximum absolute atomic E-state index is 11.2. The third-order valence-corrected chi connectivity index (χ3v) is 6.32. The molecular formula is C22H31B3N2O2. The zero-order valence-corrected chi connectivity index (χ0v) is 18.5. The highest BCUT2D eigenvalue weighted by molar-refractivity contribution is 6.35. The van der Waals surface area contributed by atoms with Gasteiger partial charge in [-0.05, 0) is 75.9 Å². The molecular weight excluding hydrogens is 357 g/mol. The van der Waals surface area contributed by atoms with E-state index in [4.69, 9.17) is 39.0 Å². The van der Waals surface area contributed by atoms with Gasteiger partial charge in [-0.3, -0.25) is 4.98 Å². The molecule has 150 valence electrons. The normalized spacial score (nSPS) is 31.6. The summed E-state index contributed by atoms with van der Waals surface area (Å²) in [6.07, 6.45) is 2.17. The maximum atomic E-state index is 11.2. The third kappa shape index (κ3) is 4.18. The lowest BCUT2D eigenvalue weighted by molar-refractivity contribution is -0.162. The van der Waals surface area contributed by atoms with Crippen LogP contribution in [0.25, 0.3) is 5.57 Å². The van der Waals surface area contributed by atoms with E-state index in [1.807, 2.05) is 26.0 Å². The van der Waals surface area contributed by atoms with Crippen molar-refractivity contribution in [2.75, 3.05) is 5.73 Å². The second-order valence-corrected chi connectivity index (χ2v) is 10.8. The Bertz CT molecular complexity index is 830. The molecule has 1 saturated heterocycles. The number of allylic oxidation sites excluding steroid dienone is 1. The molecule has 2 aliphatic rings. The predicted molar refractivity (Wildman–Crippen MR) is 121 cm³/mol. The summed E-state index contributed by atoms with van der Waals surface area (Å²) in [5.74, 6) is -0.516. The van der Waals surface area contributed by atoms with Crippen LogP contribution in [-0.4, -0.2) is 50.3 Å². The lowest BCUT2D eigenvalue weighted by atomic mass is 9.44. The molecule has 0 saturated carbocycles. The van der Waals surface area contributed by atoms with Gasteiger partial charge in [-0.15, -0.1) is 5.47 Å². The summed E-state index contributed by atoms with van der Waals surface area (Å²) in [6, 6.07) is 3.76. The average molecular weight is 388 g/mol. The van der Waals surface area contributed by atoms with Crippen molar-refractivity contribution in [2.24, 2.45) is 5.41 Å². The van der Waals surface area contributed by atoms with E-state index in [-0.39, 0.29) is 17.1 Å². The van der Waals surface area contributed by atoms with Crippen LogP contribution in [-0.2, 0) is 4.74 Å². The van der Waals surface area contributed by atoms with E-state index >= 15 is 0 Å². The van der Waals surface area contributed by atoms with E-state index in [0.717, 1.165) is 18.5 Å². The van der Waals surface area contributed by atoms with E-state index in [1.165, 1.54) is 0 Å². The summed E-state index contributed by atoms with van der Waals surface area (Å²) in [5, 5.41) is 11.2. The molecule has 0 bridgehead atoms. The largest absolute Gasteiger partial charge is 0.397 e. The summed E-state index contributed by atoms with van der Waals surface area (Å²) in [4.78, 5) is 4.87. The monoisotopic (exact) mass is 388 g/mol. The molecule has 2 atom stereocenters. The summed E-state index contributed by atoms with van der Waals surface area (Å²) < 4.78 is 6.21. The summed E-state index contributed by atoms with van der Waals surface area (Å²) >= 11 is 0. The van der Waals surface area contributed by atoms with Gasteiger partial charge in [-0.25, -0.2) is 0 Å². The average Bonchev–Trinajstić information content (AvgIpc) is 2.51. The van der Waals surface area contributed by atoms with Gasteiger partial charge in [-0.1, -0.05) is 13.8 Å². The van der Waals surface area contributed by atoms with E-state index in [9.17, 15) is 5.11 Å². The molecule has 1 aromatic heterocycles. The first-order valence-electron chi connectivity index (χ1n) is 10.3. The number of ether oxygens (including phenoxy) is 1. The minimum Gasteiger partial charge on any atom is -0.397 e. The third-order valence-electron chi connectivity index (χ3n) is 6.32. The Hall–Kier alpha value is -1.20. The Morgan fingerprint density at radius 3 is 2.21 bits per heavy atom. The second kappa shape index (κ2) is 6.92. The van der Waals surface area contributed by atoms with Crippen LogP contribution in [0.1, 0.15) is 78.1 Å². The van der Waals surface area contributed by atoms with Crippen LogP contribution < -0.4 is 5.73 Å². The molecule has 7 heteroatoms. The highest BCUT2D eigenvalue weighted by Gasteiger charge is 2.46.